The van der Waals surface area contributed by atoms with E-state index in [0.717, 1.165) is 42.4 Å². The molecule has 0 unspecified atom stereocenters. The van der Waals surface area contributed by atoms with Crippen LogP contribution in [-0.4, -0.2) is 23.9 Å². The molecule has 1 saturated heterocycles. The minimum atomic E-state index is 0.255. The highest BCUT2D eigenvalue weighted by atomic mass is 16.1. The highest BCUT2D eigenvalue weighted by Crippen LogP contribution is 2.23. The molecule has 3 nitrogen and oxygen atoms in total. The zero-order valence-electron chi connectivity index (χ0n) is 10.9. The second-order valence-electron chi connectivity index (χ2n) is 5.20. The monoisotopic (exact) mass is 254 g/mol. The summed E-state index contributed by atoms with van der Waals surface area (Å²) in [5.41, 5.74) is 1.72. The van der Waals surface area contributed by atoms with Gasteiger partial charge in [0.05, 0.1) is 5.52 Å². The SMILES string of the molecule is O=C(CC1CCNCC1)c1cccc2ncccc12. The highest BCUT2D eigenvalue weighted by Gasteiger charge is 2.18. The predicted molar refractivity (Wildman–Crippen MR) is 76.3 cm³/mol. The van der Waals surface area contributed by atoms with Gasteiger partial charge in [-0.05, 0) is 44.0 Å². The summed E-state index contributed by atoms with van der Waals surface area (Å²) < 4.78 is 0. The molecule has 0 spiro atoms. The molecule has 98 valence electrons. The van der Waals surface area contributed by atoms with Crippen LogP contribution in [0, 0.1) is 5.92 Å². The smallest absolute Gasteiger partial charge is 0.163 e. The fourth-order valence-electron chi connectivity index (χ4n) is 2.80. The fourth-order valence-corrected chi connectivity index (χ4v) is 2.80. The number of piperidine rings is 1. The van der Waals surface area contributed by atoms with Gasteiger partial charge in [0.15, 0.2) is 5.78 Å². The number of carbonyl (C=O) groups is 1. The number of rotatable bonds is 3. The molecule has 2 aromatic rings. The molecule has 1 aromatic carbocycles. The van der Waals surface area contributed by atoms with Crippen molar-refractivity contribution in [1.82, 2.24) is 10.3 Å². The minimum Gasteiger partial charge on any atom is -0.317 e. The third kappa shape index (κ3) is 2.66. The number of ketones is 1. The summed E-state index contributed by atoms with van der Waals surface area (Å²) >= 11 is 0. The number of nitrogens with one attached hydrogen (secondary N) is 1. The van der Waals surface area contributed by atoms with Crippen LogP contribution >= 0.6 is 0 Å². The van der Waals surface area contributed by atoms with Crippen molar-refractivity contribution in [3.8, 4) is 0 Å². The summed E-state index contributed by atoms with van der Waals surface area (Å²) in [6.45, 7) is 2.07. The lowest BCUT2D eigenvalue weighted by Crippen LogP contribution is -2.28. The van der Waals surface area contributed by atoms with E-state index in [2.05, 4.69) is 10.3 Å². The van der Waals surface area contributed by atoms with Crippen LogP contribution in [0.3, 0.4) is 0 Å². The highest BCUT2D eigenvalue weighted by molar-refractivity contribution is 6.07. The lowest BCUT2D eigenvalue weighted by atomic mass is 9.90. The Hall–Kier alpha value is -1.74. The van der Waals surface area contributed by atoms with Crippen molar-refractivity contribution in [3.05, 3.63) is 42.1 Å². The van der Waals surface area contributed by atoms with Gasteiger partial charge in [-0.15, -0.1) is 0 Å². The molecule has 0 saturated carbocycles. The summed E-state index contributed by atoms with van der Waals surface area (Å²) in [5, 5.41) is 4.31. The molecule has 0 aliphatic carbocycles. The zero-order valence-corrected chi connectivity index (χ0v) is 10.9. The molecule has 1 aliphatic rings. The number of fused-ring (bicyclic) bond motifs is 1. The predicted octanol–water partition coefficient (Wildman–Crippen LogP) is 2.81. The quantitative estimate of drug-likeness (QED) is 0.856. The van der Waals surface area contributed by atoms with Crippen molar-refractivity contribution in [2.45, 2.75) is 19.3 Å². The topological polar surface area (TPSA) is 42.0 Å². The third-order valence-corrected chi connectivity index (χ3v) is 3.88. The first-order valence-corrected chi connectivity index (χ1v) is 6.92. The first kappa shape index (κ1) is 12.3. The summed E-state index contributed by atoms with van der Waals surface area (Å²) in [4.78, 5) is 16.8. The Morgan fingerprint density at radius 1 is 1.21 bits per heavy atom. The molecule has 1 aliphatic heterocycles. The van der Waals surface area contributed by atoms with Gasteiger partial charge < -0.3 is 5.32 Å². The van der Waals surface area contributed by atoms with Crippen molar-refractivity contribution in [2.75, 3.05) is 13.1 Å². The molecular weight excluding hydrogens is 236 g/mol. The van der Waals surface area contributed by atoms with Crippen LogP contribution < -0.4 is 5.32 Å². The maximum atomic E-state index is 12.5. The third-order valence-electron chi connectivity index (χ3n) is 3.88. The van der Waals surface area contributed by atoms with Gasteiger partial charge in [0.25, 0.3) is 0 Å². The van der Waals surface area contributed by atoms with E-state index in [1.165, 1.54) is 0 Å². The molecule has 2 heterocycles. The van der Waals surface area contributed by atoms with Crippen LogP contribution in [0.4, 0.5) is 0 Å². The van der Waals surface area contributed by atoms with E-state index in [9.17, 15) is 4.79 Å². The van der Waals surface area contributed by atoms with Gasteiger partial charge in [0.2, 0.25) is 0 Å². The number of carbonyl (C=O) groups excluding carboxylic acids is 1. The summed E-state index contributed by atoms with van der Waals surface area (Å²) in [7, 11) is 0. The molecule has 0 radical (unpaired) electrons. The summed E-state index contributed by atoms with van der Waals surface area (Å²) in [6.07, 6.45) is 4.64. The van der Waals surface area contributed by atoms with Crippen molar-refractivity contribution in [3.63, 3.8) is 0 Å². The van der Waals surface area contributed by atoms with Crippen molar-refractivity contribution in [1.29, 1.82) is 0 Å². The second kappa shape index (κ2) is 5.49. The Bertz CT molecular complexity index is 583. The van der Waals surface area contributed by atoms with Gasteiger partial charge in [-0.25, -0.2) is 0 Å². The van der Waals surface area contributed by atoms with Crippen LogP contribution in [0.15, 0.2) is 36.5 Å². The Kier molecular flexibility index (Phi) is 3.56. The van der Waals surface area contributed by atoms with Crippen molar-refractivity contribution < 1.29 is 4.79 Å². The number of pyridine rings is 1. The largest absolute Gasteiger partial charge is 0.317 e. The normalized spacial score (nSPS) is 16.6. The molecule has 0 bridgehead atoms. The van der Waals surface area contributed by atoms with Gasteiger partial charge in [-0.1, -0.05) is 18.2 Å². The molecule has 3 heteroatoms. The van der Waals surface area contributed by atoms with Crippen LogP contribution in [0.2, 0.25) is 0 Å². The Morgan fingerprint density at radius 3 is 2.89 bits per heavy atom. The van der Waals surface area contributed by atoms with E-state index in [0.29, 0.717) is 12.3 Å². The Balaban J connectivity index is 1.85. The minimum absolute atomic E-state index is 0.255. The average molecular weight is 254 g/mol. The Morgan fingerprint density at radius 2 is 2.05 bits per heavy atom. The fraction of sp³-hybridized carbons (Fsp3) is 0.375. The number of benzene rings is 1. The van der Waals surface area contributed by atoms with Gasteiger partial charge in [-0.2, -0.15) is 0 Å². The number of hydrogen-bond acceptors (Lipinski definition) is 3. The van der Waals surface area contributed by atoms with Crippen molar-refractivity contribution >= 4 is 16.7 Å². The second-order valence-corrected chi connectivity index (χ2v) is 5.20. The first-order valence-electron chi connectivity index (χ1n) is 6.92. The molecule has 19 heavy (non-hydrogen) atoms. The molecule has 1 aromatic heterocycles. The van der Waals surface area contributed by atoms with Gasteiger partial charge in [-0.3, -0.25) is 9.78 Å². The number of nitrogens with zero attached hydrogens (tertiary/aromatic N) is 1. The van der Waals surface area contributed by atoms with Gasteiger partial charge in [0, 0.05) is 23.6 Å². The molecule has 0 atom stereocenters. The Labute approximate surface area is 113 Å². The van der Waals surface area contributed by atoms with Gasteiger partial charge >= 0.3 is 0 Å². The summed E-state index contributed by atoms with van der Waals surface area (Å²) in [5.74, 6) is 0.783. The van der Waals surface area contributed by atoms with Crippen LogP contribution in [0.5, 0.6) is 0 Å². The van der Waals surface area contributed by atoms with E-state index < -0.39 is 0 Å². The van der Waals surface area contributed by atoms with Crippen LogP contribution in [0.1, 0.15) is 29.6 Å². The average Bonchev–Trinajstić information content (AvgIpc) is 2.47. The number of Topliss-reactive ketones (excluding diaryl/α,β-unsaturated/α-hetero) is 1. The lowest BCUT2D eigenvalue weighted by Gasteiger charge is -2.22. The zero-order chi connectivity index (χ0) is 13.1. The lowest BCUT2D eigenvalue weighted by molar-refractivity contribution is 0.0954. The number of aromatic nitrogens is 1. The molecule has 0 amide bonds. The van der Waals surface area contributed by atoms with E-state index >= 15 is 0 Å². The van der Waals surface area contributed by atoms with Crippen LogP contribution in [-0.2, 0) is 0 Å². The number of hydrogen-bond donors (Lipinski definition) is 1. The van der Waals surface area contributed by atoms with Crippen molar-refractivity contribution in [2.24, 2.45) is 5.92 Å². The molecule has 1 N–H and O–H groups in total. The summed E-state index contributed by atoms with van der Waals surface area (Å²) in [6, 6.07) is 9.68. The maximum Gasteiger partial charge on any atom is 0.163 e. The van der Waals surface area contributed by atoms with E-state index in [1.54, 1.807) is 6.20 Å². The van der Waals surface area contributed by atoms with E-state index in [4.69, 9.17) is 0 Å². The first-order chi connectivity index (χ1) is 9.34. The molecule has 3 rings (SSSR count). The standard InChI is InChI=1S/C16H18N2O/c19-16(11-12-6-9-17-10-7-12)14-3-1-5-15-13(14)4-2-8-18-15/h1-5,8,12,17H,6-7,9-11H2. The molecular formula is C16H18N2O. The maximum absolute atomic E-state index is 12.5. The van der Waals surface area contributed by atoms with Gasteiger partial charge in [0.1, 0.15) is 0 Å². The van der Waals surface area contributed by atoms with E-state index in [1.807, 2.05) is 30.3 Å². The van der Waals surface area contributed by atoms with E-state index in [-0.39, 0.29) is 5.78 Å². The molecule has 1 fully saturated rings. The van der Waals surface area contributed by atoms with Crippen LogP contribution in [0.25, 0.3) is 10.9 Å².